The predicted octanol–water partition coefficient (Wildman–Crippen LogP) is 3.75. The van der Waals surface area contributed by atoms with E-state index in [1.54, 1.807) is 17.7 Å². The molecule has 0 unspecified atom stereocenters. The summed E-state index contributed by atoms with van der Waals surface area (Å²) in [6, 6.07) is 15.0. The van der Waals surface area contributed by atoms with Crippen LogP contribution in [0.1, 0.15) is 32.3 Å². The van der Waals surface area contributed by atoms with Gasteiger partial charge < -0.3 is 10.1 Å². The summed E-state index contributed by atoms with van der Waals surface area (Å²) in [6.07, 6.45) is 0. The number of para-hydroxylation sites is 2. The van der Waals surface area contributed by atoms with Crippen LogP contribution in [0.25, 0.3) is 16.6 Å². The van der Waals surface area contributed by atoms with Gasteiger partial charge in [0.1, 0.15) is 0 Å². The van der Waals surface area contributed by atoms with Crippen LogP contribution in [0.2, 0.25) is 0 Å². The molecular weight excluding hydrogens is 398 g/mol. The van der Waals surface area contributed by atoms with Gasteiger partial charge in [-0.1, -0.05) is 55.9 Å². The van der Waals surface area contributed by atoms with Crippen molar-refractivity contribution in [2.45, 2.75) is 37.9 Å². The molecule has 0 aliphatic carbocycles. The SMILES string of the molecule is COC[C@H](C)NC(=O)CSc1nc2ccccc2c(=O)n1-c1ccccc1C(C)C. The number of rotatable bonds is 8. The third-order valence-electron chi connectivity index (χ3n) is 4.70. The highest BCUT2D eigenvalue weighted by Crippen LogP contribution is 2.27. The highest BCUT2D eigenvalue weighted by Gasteiger charge is 2.18. The molecule has 1 amide bonds. The van der Waals surface area contributed by atoms with Crippen molar-refractivity contribution in [3.8, 4) is 5.69 Å². The Hall–Kier alpha value is -2.64. The minimum Gasteiger partial charge on any atom is -0.383 e. The van der Waals surface area contributed by atoms with Crippen molar-refractivity contribution in [1.82, 2.24) is 14.9 Å². The molecule has 0 aliphatic rings. The number of amides is 1. The van der Waals surface area contributed by atoms with Gasteiger partial charge in [-0.25, -0.2) is 4.98 Å². The molecule has 3 rings (SSSR count). The Morgan fingerprint density at radius 1 is 1.13 bits per heavy atom. The zero-order chi connectivity index (χ0) is 21.7. The minimum atomic E-state index is -0.135. The second-order valence-corrected chi connectivity index (χ2v) is 8.42. The molecule has 0 fully saturated rings. The molecule has 1 heterocycles. The maximum atomic E-state index is 13.4. The lowest BCUT2D eigenvalue weighted by Gasteiger charge is -2.18. The van der Waals surface area contributed by atoms with Crippen LogP contribution in [0, 0.1) is 0 Å². The van der Waals surface area contributed by atoms with Gasteiger partial charge in [0.2, 0.25) is 5.91 Å². The summed E-state index contributed by atoms with van der Waals surface area (Å²) in [5.41, 5.74) is 2.34. The number of ether oxygens (including phenoxy) is 1. The van der Waals surface area contributed by atoms with Gasteiger partial charge >= 0.3 is 0 Å². The number of carbonyl (C=O) groups is 1. The first-order chi connectivity index (χ1) is 14.4. The number of methoxy groups -OCH3 is 1. The monoisotopic (exact) mass is 425 g/mol. The summed E-state index contributed by atoms with van der Waals surface area (Å²) >= 11 is 1.26. The molecule has 0 radical (unpaired) electrons. The normalized spacial score (nSPS) is 12.3. The molecule has 1 atom stereocenters. The Balaban J connectivity index is 2.04. The van der Waals surface area contributed by atoms with Crippen LogP contribution < -0.4 is 10.9 Å². The maximum absolute atomic E-state index is 13.4. The molecule has 0 saturated carbocycles. The summed E-state index contributed by atoms with van der Waals surface area (Å²) in [5, 5.41) is 3.95. The van der Waals surface area contributed by atoms with E-state index in [0.29, 0.717) is 22.7 Å². The second-order valence-electron chi connectivity index (χ2n) is 7.48. The highest BCUT2D eigenvalue weighted by molar-refractivity contribution is 7.99. The van der Waals surface area contributed by atoms with E-state index in [1.807, 2.05) is 49.4 Å². The van der Waals surface area contributed by atoms with E-state index in [-0.39, 0.29) is 29.2 Å². The van der Waals surface area contributed by atoms with E-state index < -0.39 is 0 Å². The van der Waals surface area contributed by atoms with Crippen LogP contribution in [0.5, 0.6) is 0 Å². The zero-order valence-electron chi connectivity index (χ0n) is 17.7. The van der Waals surface area contributed by atoms with E-state index in [9.17, 15) is 9.59 Å². The molecular formula is C23H27N3O3S. The highest BCUT2D eigenvalue weighted by atomic mass is 32.2. The quantitative estimate of drug-likeness (QED) is 0.440. The van der Waals surface area contributed by atoms with E-state index >= 15 is 0 Å². The van der Waals surface area contributed by atoms with E-state index in [1.165, 1.54) is 11.8 Å². The largest absolute Gasteiger partial charge is 0.383 e. The molecule has 6 nitrogen and oxygen atoms in total. The summed E-state index contributed by atoms with van der Waals surface area (Å²) in [4.78, 5) is 30.5. The number of hydrogen-bond donors (Lipinski definition) is 1. The van der Waals surface area contributed by atoms with Crippen molar-refractivity contribution in [1.29, 1.82) is 0 Å². The third-order valence-corrected chi connectivity index (χ3v) is 5.64. The molecule has 0 saturated heterocycles. The molecule has 2 aromatic carbocycles. The van der Waals surface area contributed by atoms with E-state index in [4.69, 9.17) is 9.72 Å². The second kappa shape index (κ2) is 9.91. The van der Waals surface area contributed by atoms with Crippen molar-refractivity contribution in [3.63, 3.8) is 0 Å². The average molecular weight is 426 g/mol. The molecule has 30 heavy (non-hydrogen) atoms. The molecule has 0 spiro atoms. The van der Waals surface area contributed by atoms with Crippen LogP contribution in [-0.4, -0.2) is 41.0 Å². The molecule has 1 aromatic heterocycles. The Bertz CT molecular complexity index is 1090. The first-order valence-corrected chi connectivity index (χ1v) is 10.9. The fourth-order valence-corrected chi connectivity index (χ4v) is 4.16. The lowest BCUT2D eigenvalue weighted by Crippen LogP contribution is -2.36. The first-order valence-electron chi connectivity index (χ1n) is 9.94. The summed E-state index contributed by atoms with van der Waals surface area (Å²) in [6.45, 7) is 6.51. The van der Waals surface area contributed by atoms with Gasteiger partial charge in [0.05, 0.1) is 29.0 Å². The number of nitrogens with one attached hydrogen (secondary N) is 1. The Morgan fingerprint density at radius 2 is 1.83 bits per heavy atom. The van der Waals surface area contributed by atoms with Crippen LogP contribution in [0.4, 0.5) is 0 Å². The van der Waals surface area contributed by atoms with Gasteiger partial charge in [-0.3, -0.25) is 14.2 Å². The van der Waals surface area contributed by atoms with Crippen molar-refractivity contribution >= 4 is 28.6 Å². The Morgan fingerprint density at radius 3 is 2.57 bits per heavy atom. The molecule has 158 valence electrons. The van der Waals surface area contributed by atoms with Gasteiger partial charge in [0.15, 0.2) is 5.16 Å². The summed E-state index contributed by atoms with van der Waals surface area (Å²) < 4.78 is 6.70. The molecule has 0 bridgehead atoms. The van der Waals surface area contributed by atoms with Gasteiger partial charge in [0, 0.05) is 13.2 Å². The maximum Gasteiger partial charge on any atom is 0.266 e. The van der Waals surface area contributed by atoms with Crippen molar-refractivity contribution in [2.24, 2.45) is 0 Å². The minimum absolute atomic E-state index is 0.0866. The molecule has 3 aromatic rings. The van der Waals surface area contributed by atoms with Gasteiger partial charge in [-0.2, -0.15) is 0 Å². The third kappa shape index (κ3) is 4.91. The smallest absolute Gasteiger partial charge is 0.266 e. The Labute approximate surface area is 180 Å². The first kappa shape index (κ1) is 22.1. The number of benzene rings is 2. The number of fused-ring (bicyclic) bond motifs is 1. The zero-order valence-corrected chi connectivity index (χ0v) is 18.5. The van der Waals surface area contributed by atoms with E-state index in [2.05, 4.69) is 19.2 Å². The number of hydrogen-bond acceptors (Lipinski definition) is 5. The summed E-state index contributed by atoms with van der Waals surface area (Å²) in [5.74, 6) is 0.258. The predicted molar refractivity (Wildman–Crippen MR) is 122 cm³/mol. The van der Waals surface area contributed by atoms with Crippen molar-refractivity contribution in [2.75, 3.05) is 19.5 Å². The molecule has 1 N–H and O–H groups in total. The number of carbonyl (C=O) groups excluding carboxylic acids is 1. The lowest BCUT2D eigenvalue weighted by atomic mass is 10.0. The lowest BCUT2D eigenvalue weighted by molar-refractivity contribution is -0.119. The fourth-order valence-electron chi connectivity index (χ4n) is 3.34. The number of nitrogens with zero attached hydrogens (tertiary/aromatic N) is 2. The average Bonchev–Trinajstić information content (AvgIpc) is 2.72. The van der Waals surface area contributed by atoms with Crippen molar-refractivity contribution in [3.05, 3.63) is 64.4 Å². The van der Waals surface area contributed by atoms with Gasteiger partial charge in [0.25, 0.3) is 5.56 Å². The summed E-state index contributed by atoms with van der Waals surface area (Å²) in [7, 11) is 1.60. The van der Waals surface area contributed by atoms with Crippen LogP contribution in [-0.2, 0) is 9.53 Å². The Kier molecular flexibility index (Phi) is 7.29. The standard InChI is InChI=1S/C23H27N3O3S/c1-15(2)17-9-6-8-12-20(17)26-22(28)18-10-5-7-11-19(18)25-23(26)30-14-21(27)24-16(3)13-29-4/h5-12,15-16H,13-14H2,1-4H3,(H,24,27)/t16-/m0/s1. The van der Waals surface area contributed by atoms with Crippen molar-refractivity contribution < 1.29 is 9.53 Å². The fraction of sp³-hybridized carbons (Fsp3) is 0.348. The van der Waals surface area contributed by atoms with E-state index in [0.717, 1.165) is 11.3 Å². The van der Waals surface area contributed by atoms with Crippen LogP contribution in [0.15, 0.2) is 58.5 Å². The topological polar surface area (TPSA) is 73.2 Å². The molecule has 0 aliphatic heterocycles. The van der Waals surface area contributed by atoms with Gasteiger partial charge in [-0.05, 0) is 36.6 Å². The molecule has 7 heteroatoms. The van der Waals surface area contributed by atoms with Crippen LogP contribution >= 0.6 is 11.8 Å². The van der Waals surface area contributed by atoms with Gasteiger partial charge in [-0.15, -0.1) is 0 Å². The number of aromatic nitrogens is 2. The number of thioether (sulfide) groups is 1. The van der Waals surface area contributed by atoms with Crippen LogP contribution in [0.3, 0.4) is 0 Å².